The first kappa shape index (κ1) is 26.2. The Balaban J connectivity index is 1.40. The molecule has 1 atom stereocenters. The van der Waals surface area contributed by atoms with Crippen LogP contribution in [0.3, 0.4) is 0 Å². The number of carbonyl (C=O) groups excluding carboxylic acids is 2. The Kier molecular flexibility index (Phi) is 8.35. The van der Waals surface area contributed by atoms with Crippen LogP contribution in [0.25, 0.3) is 0 Å². The maximum atomic E-state index is 13.1. The van der Waals surface area contributed by atoms with Crippen molar-refractivity contribution in [2.45, 2.75) is 25.1 Å². The summed E-state index contributed by atoms with van der Waals surface area (Å²) >= 11 is 12.0. The summed E-state index contributed by atoms with van der Waals surface area (Å²) in [6.07, 6.45) is 2.61. The molecule has 1 fully saturated rings. The van der Waals surface area contributed by atoms with Crippen LogP contribution in [-0.4, -0.2) is 37.6 Å². The van der Waals surface area contributed by atoms with Gasteiger partial charge in [-0.1, -0.05) is 41.4 Å². The average Bonchev–Trinajstić information content (AvgIpc) is 3.39. The highest BCUT2D eigenvalue weighted by atomic mass is 35.5. The largest absolute Gasteiger partial charge is 0.467 e. The van der Waals surface area contributed by atoms with Gasteiger partial charge < -0.3 is 15.1 Å². The van der Waals surface area contributed by atoms with E-state index in [2.05, 4.69) is 10.6 Å². The number of furan rings is 1. The van der Waals surface area contributed by atoms with Gasteiger partial charge in [0.2, 0.25) is 15.9 Å². The molecule has 2 amide bonds. The lowest BCUT2D eigenvalue weighted by molar-refractivity contribution is -0.120. The van der Waals surface area contributed by atoms with E-state index < -0.39 is 15.9 Å². The summed E-state index contributed by atoms with van der Waals surface area (Å²) in [5.41, 5.74) is 1.18. The Morgan fingerprint density at radius 1 is 1.06 bits per heavy atom. The van der Waals surface area contributed by atoms with E-state index in [0.29, 0.717) is 47.0 Å². The third kappa shape index (κ3) is 6.47. The number of amides is 2. The van der Waals surface area contributed by atoms with Crippen LogP contribution >= 0.6 is 23.2 Å². The van der Waals surface area contributed by atoms with Gasteiger partial charge in [-0.15, -0.1) is 0 Å². The summed E-state index contributed by atoms with van der Waals surface area (Å²) in [6, 6.07) is 14.9. The zero-order valence-corrected chi connectivity index (χ0v) is 21.6. The quantitative estimate of drug-likeness (QED) is 0.423. The minimum absolute atomic E-state index is 0.0579. The lowest BCUT2D eigenvalue weighted by Gasteiger charge is -2.31. The summed E-state index contributed by atoms with van der Waals surface area (Å²) in [7, 11) is -3.68. The van der Waals surface area contributed by atoms with Crippen molar-refractivity contribution in [3.8, 4) is 0 Å². The summed E-state index contributed by atoms with van der Waals surface area (Å²) in [6.45, 7) is 0.601. The smallest absolute Gasteiger partial charge is 0.253 e. The maximum absolute atomic E-state index is 13.1. The highest BCUT2D eigenvalue weighted by molar-refractivity contribution is 7.88. The minimum atomic E-state index is -3.68. The van der Waals surface area contributed by atoms with Crippen molar-refractivity contribution < 1.29 is 22.4 Å². The fourth-order valence-corrected chi connectivity index (χ4v) is 5.96. The molecule has 4 rings (SSSR count). The SMILES string of the molecule is O=C(NCc1ccco1)c1ccccc1NC(=O)[C@H]1CCCN(S(=O)(=O)Cc2ccc(Cl)c(Cl)c2)C1. The van der Waals surface area contributed by atoms with Crippen LogP contribution in [-0.2, 0) is 27.1 Å². The molecular formula is C25H25Cl2N3O5S. The van der Waals surface area contributed by atoms with Gasteiger partial charge in [0.15, 0.2) is 0 Å². The number of hydrogen-bond donors (Lipinski definition) is 2. The molecule has 2 N–H and O–H groups in total. The molecule has 11 heteroatoms. The third-order valence-electron chi connectivity index (χ3n) is 5.91. The van der Waals surface area contributed by atoms with E-state index in [9.17, 15) is 18.0 Å². The molecule has 3 aromatic rings. The van der Waals surface area contributed by atoms with Gasteiger partial charge in [-0.05, 0) is 54.8 Å². The second-order valence-corrected chi connectivity index (χ2v) is 11.3. The van der Waals surface area contributed by atoms with Gasteiger partial charge >= 0.3 is 0 Å². The van der Waals surface area contributed by atoms with Crippen LogP contribution in [0.4, 0.5) is 5.69 Å². The first-order valence-electron chi connectivity index (χ1n) is 11.3. The first-order valence-corrected chi connectivity index (χ1v) is 13.7. The fourth-order valence-electron chi connectivity index (χ4n) is 4.04. The molecule has 0 aliphatic carbocycles. The zero-order chi connectivity index (χ0) is 25.7. The maximum Gasteiger partial charge on any atom is 0.253 e. The molecule has 1 aliphatic heterocycles. The molecule has 2 aromatic carbocycles. The lowest BCUT2D eigenvalue weighted by atomic mass is 9.98. The van der Waals surface area contributed by atoms with Gasteiger partial charge in [0.05, 0.1) is 45.8 Å². The minimum Gasteiger partial charge on any atom is -0.467 e. The van der Waals surface area contributed by atoms with E-state index in [0.717, 1.165) is 0 Å². The summed E-state index contributed by atoms with van der Waals surface area (Å²) in [5, 5.41) is 6.21. The number of piperidine rings is 1. The van der Waals surface area contributed by atoms with Gasteiger partial charge in [-0.3, -0.25) is 9.59 Å². The molecule has 0 saturated carbocycles. The van der Waals surface area contributed by atoms with Crippen molar-refractivity contribution in [3.63, 3.8) is 0 Å². The molecular weight excluding hydrogens is 525 g/mol. The van der Waals surface area contributed by atoms with E-state index in [1.807, 2.05) is 0 Å². The van der Waals surface area contributed by atoms with Crippen LogP contribution in [0.2, 0.25) is 10.0 Å². The number of hydrogen-bond acceptors (Lipinski definition) is 5. The number of nitrogens with one attached hydrogen (secondary N) is 2. The zero-order valence-electron chi connectivity index (χ0n) is 19.2. The molecule has 0 unspecified atom stereocenters. The Morgan fingerprint density at radius 3 is 2.61 bits per heavy atom. The van der Waals surface area contributed by atoms with Crippen LogP contribution in [0.5, 0.6) is 0 Å². The first-order chi connectivity index (χ1) is 17.2. The van der Waals surface area contributed by atoms with Crippen LogP contribution in [0.1, 0.15) is 34.5 Å². The normalized spacial score (nSPS) is 16.4. The van der Waals surface area contributed by atoms with Crippen molar-refractivity contribution in [3.05, 3.63) is 87.8 Å². The Labute approximate surface area is 219 Å². The van der Waals surface area contributed by atoms with Crippen LogP contribution < -0.4 is 10.6 Å². The number of rotatable bonds is 8. The third-order valence-corrected chi connectivity index (χ3v) is 8.47. The van der Waals surface area contributed by atoms with E-state index in [4.69, 9.17) is 27.6 Å². The standard InChI is InChI=1S/C25H25Cl2N3O5S/c26-21-10-9-17(13-22(21)27)16-36(33,34)30-11-3-5-18(15-30)24(31)29-23-8-2-1-7-20(23)25(32)28-14-19-6-4-12-35-19/h1-2,4,6-10,12-13,18H,3,5,11,14-16H2,(H,28,32)(H,29,31)/t18-/m0/s1. The van der Waals surface area contributed by atoms with Gasteiger partial charge in [-0.25, -0.2) is 12.7 Å². The fraction of sp³-hybridized carbons (Fsp3) is 0.280. The monoisotopic (exact) mass is 549 g/mol. The topological polar surface area (TPSA) is 109 Å². The molecule has 1 aromatic heterocycles. The van der Waals surface area contributed by atoms with Crippen molar-refractivity contribution >= 4 is 50.7 Å². The highest BCUT2D eigenvalue weighted by Crippen LogP contribution is 2.27. The Bertz CT molecular complexity index is 1350. The van der Waals surface area contributed by atoms with Crippen molar-refractivity contribution in [1.82, 2.24) is 9.62 Å². The predicted molar refractivity (Wildman–Crippen MR) is 138 cm³/mol. The van der Waals surface area contributed by atoms with Crippen LogP contribution in [0.15, 0.2) is 65.3 Å². The molecule has 1 aliphatic rings. The van der Waals surface area contributed by atoms with Crippen LogP contribution in [0, 0.1) is 5.92 Å². The van der Waals surface area contributed by atoms with Crippen molar-refractivity contribution in [2.75, 3.05) is 18.4 Å². The molecule has 0 bridgehead atoms. The Hall–Kier alpha value is -2.85. The number of para-hydroxylation sites is 1. The summed E-state index contributed by atoms with van der Waals surface area (Å²) in [5.74, 6) is -0.889. The van der Waals surface area contributed by atoms with Gasteiger partial charge in [0.1, 0.15) is 5.76 Å². The average molecular weight is 550 g/mol. The highest BCUT2D eigenvalue weighted by Gasteiger charge is 2.33. The van der Waals surface area contributed by atoms with Crippen molar-refractivity contribution in [1.29, 1.82) is 0 Å². The number of sulfonamides is 1. The predicted octanol–water partition coefficient (Wildman–Crippen LogP) is 4.70. The lowest BCUT2D eigenvalue weighted by Crippen LogP contribution is -2.44. The number of halogens is 2. The van der Waals surface area contributed by atoms with Gasteiger partial charge in [-0.2, -0.15) is 0 Å². The number of carbonyl (C=O) groups is 2. The second kappa shape index (κ2) is 11.5. The molecule has 2 heterocycles. The number of benzene rings is 2. The molecule has 8 nitrogen and oxygen atoms in total. The van der Waals surface area contributed by atoms with E-state index in [1.54, 1.807) is 48.5 Å². The molecule has 0 radical (unpaired) electrons. The van der Waals surface area contributed by atoms with Crippen molar-refractivity contribution in [2.24, 2.45) is 5.92 Å². The van der Waals surface area contributed by atoms with E-state index >= 15 is 0 Å². The van der Waals surface area contributed by atoms with E-state index in [-0.39, 0.29) is 35.7 Å². The summed E-state index contributed by atoms with van der Waals surface area (Å²) < 4.78 is 32.7. The Morgan fingerprint density at radius 2 is 1.86 bits per heavy atom. The number of nitrogens with zero attached hydrogens (tertiary/aromatic N) is 1. The van der Waals surface area contributed by atoms with E-state index in [1.165, 1.54) is 16.6 Å². The summed E-state index contributed by atoms with van der Waals surface area (Å²) in [4.78, 5) is 25.8. The second-order valence-electron chi connectivity index (χ2n) is 8.50. The van der Waals surface area contributed by atoms with Gasteiger partial charge in [0.25, 0.3) is 5.91 Å². The molecule has 0 spiro atoms. The molecule has 36 heavy (non-hydrogen) atoms. The molecule has 1 saturated heterocycles. The molecule has 190 valence electrons. The van der Waals surface area contributed by atoms with Gasteiger partial charge in [0, 0.05) is 13.1 Å². The number of anilines is 1.